The van der Waals surface area contributed by atoms with Crippen LogP contribution in [0, 0.1) is 11.8 Å². The molecule has 10 nitrogen and oxygen atoms in total. The number of benzene rings is 1. The molecule has 0 aliphatic heterocycles. The summed E-state index contributed by atoms with van der Waals surface area (Å²) in [5.74, 6) is -6.90. The van der Waals surface area contributed by atoms with Crippen molar-refractivity contribution in [2.24, 2.45) is 17.6 Å². The minimum Gasteiger partial charge on any atom is -0.508 e. The summed E-state index contributed by atoms with van der Waals surface area (Å²) in [5.41, 5.74) is 8.25. The molecule has 1 aromatic rings. The number of nitrogens with two attached hydrogens (primary N) is 2. The molecule has 12 heteroatoms. The lowest BCUT2D eigenvalue weighted by Crippen LogP contribution is -2.58. The van der Waals surface area contributed by atoms with Gasteiger partial charge in [-0.1, -0.05) is 0 Å². The number of thiocarbonyl (C=S) groups is 1. The average Bonchev–Trinajstić information content (AvgIpc) is 2.74. The van der Waals surface area contributed by atoms with E-state index >= 15 is 0 Å². The van der Waals surface area contributed by atoms with E-state index < -0.39 is 52.0 Å². The third kappa shape index (κ3) is 3.36. The summed E-state index contributed by atoms with van der Waals surface area (Å²) >= 11 is 6.01. The SMILES string of the molecule is CCOC(=S)Sc1cc(N)c2c(c1O)C(O)=C1C(=O)[C@]3(O)C(O)=C(C(N)=O)C(=O)C[C@@H]3C[C@@H]1C2. The van der Waals surface area contributed by atoms with Gasteiger partial charge in [0, 0.05) is 23.6 Å². The number of primary amides is 1. The summed E-state index contributed by atoms with van der Waals surface area (Å²) in [6.07, 6.45) is -0.212. The summed E-state index contributed by atoms with van der Waals surface area (Å²) in [5, 5.41) is 43.8. The number of ketones is 2. The number of Topliss-reactive ketones (excluding diaryl/α,β-unsaturated/α-hetero) is 2. The number of hydrogen-bond acceptors (Lipinski definition) is 11. The zero-order chi connectivity index (χ0) is 25.1. The summed E-state index contributed by atoms with van der Waals surface area (Å²) in [7, 11) is 0. The van der Waals surface area contributed by atoms with Gasteiger partial charge in [-0.15, -0.1) is 0 Å². The monoisotopic (exact) mass is 506 g/mol. The van der Waals surface area contributed by atoms with Crippen LogP contribution in [0.2, 0.25) is 0 Å². The molecule has 0 heterocycles. The van der Waals surface area contributed by atoms with Crippen molar-refractivity contribution >= 4 is 57.3 Å². The van der Waals surface area contributed by atoms with Crippen LogP contribution in [0.1, 0.15) is 30.9 Å². The Morgan fingerprint density at radius 3 is 2.59 bits per heavy atom. The number of carbonyl (C=O) groups excluding carboxylic acids is 3. The van der Waals surface area contributed by atoms with Gasteiger partial charge in [0.2, 0.25) is 10.2 Å². The van der Waals surface area contributed by atoms with Crippen LogP contribution in [0.5, 0.6) is 5.75 Å². The lowest BCUT2D eigenvalue weighted by molar-refractivity contribution is -0.147. The number of thioether (sulfide) groups is 1. The fourth-order valence-corrected chi connectivity index (χ4v) is 6.14. The predicted octanol–water partition coefficient (Wildman–Crippen LogP) is 1.42. The second kappa shape index (κ2) is 8.29. The quantitative estimate of drug-likeness (QED) is 0.114. The molecular weight excluding hydrogens is 484 g/mol. The number of aliphatic hydroxyl groups is 3. The third-order valence-corrected chi connectivity index (χ3v) is 7.70. The van der Waals surface area contributed by atoms with Gasteiger partial charge >= 0.3 is 0 Å². The Bertz CT molecular complexity index is 1240. The number of ether oxygens (including phenoxy) is 1. The van der Waals surface area contributed by atoms with Crippen LogP contribution in [0.15, 0.2) is 27.9 Å². The second-order valence-electron chi connectivity index (χ2n) is 8.36. The maximum atomic E-state index is 13.5. The van der Waals surface area contributed by atoms with Crippen LogP contribution < -0.4 is 11.5 Å². The Morgan fingerprint density at radius 1 is 1.29 bits per heavy atom. The van der Waals surface area contributed by atoms with Gasteiger partial charge in [0.15, 0.2) is 11.4 Å². The number of aliphatic hydroxyl groups excluding tert-OH is 2. The Labute approximate surface area is 203 Å². The van der Waals surface area contributed by atoms with E-state index in [1.807, 2.05) is 0 Å². The van der Waals surface area contributed by atoms with Crippen LogP contribution in [-0.2, 0) is 25.5 Å². The van der Waals surface area contributed by atoms with E-state index in [2.05, 4.69) is 0 Å². The van der Waals surface area contributed by atoms with Crippen molar-refractivity contribution < 1.29 is 39.5 Å². The highest BCUT2D eigenvalue weighted by Crippen LogP contribution is 2.53. The molecule has 0 unspecified atom stereocenters. The molecule has 1 fully saturated rings. The van der Waals surface area contributed by atoms with Crippen LogP contribution in [0.3, 0.4) is 0 Å². The van der Waals surface area contributed by atoms with E-state index in [9.17, 15) is 34.8 Å². The number of amides is 1. The average molecular weight is 507 g/mol. The van der Waals surface area contributed by atoms with E-state index in [4.69, 9.17) is 28.4 Å². The van der Waals surface area contributed by atoms with E-state index in [1.54, 1.807) is 6.92 Å². The molecule has 1 aromatic carbocycles. The zero-order valence-electron chi connectivity index (χ0n) is 18.0. The molecule has 8 N–H and O–H groups in total. The number of phenolic OH excluding ortho intramolecular Hbond substituents is 1. The molecule has 4 rings (SSSR count). The highest BCUT2D eigenvalue weighted by atomic mass is 32.2. The van der Waals surface area contributed by atoms with Crippen molar-refractivity contribution in [1.82, 2.24) is 0 Å². The van der Waals surface area contributed by atoms with Crippen LogP contribution in [0.4, 0.5) is 5.69 Å². The molecule has 34 heavy (non-hydrogen) atoms. The smallest absolute Gasteiger partial charge is 0.255 e. The van der Waals surface area contributed by atoms with Gasteiger partial charge in [-0.25, -0.2) is 0 Å². The van der Waals surface area contributed by atoms with Crippen molar-refractivity contribution in [1.29, 1.82) is 0 Å². The maximum absolute atomic E-state index is 13.5. The van der Waals surface area contributed by atoms with Gasteiger partial charge in [0.1, 0.15) is 22.8 Å². The number of carbonyl (C=O) groups is 3. The molecular formula is C22H22N2O8S2. The van der Waals surface area contributed by atoms with Gasteiger partial charge in [-0.05, 0) is 61.3 Å². The molecule has 0 saturated heterocycles. The van der Waals surface area contributed by atoms with E-state index in [0.29, 0.717) is 12.2 Å². The van der Waals surface area contributed by atoms with E-state index in [-0.39, 0.29) is 51.1 Å². The molecule has 0 spiro atoms. The predicted molar refractivity (Wildman–Crippen MR) is 126 cm³/mol. The molecule has 3 aliphatic carbocycles. The fraction of sp³-hybridized carbons (Fsp3) is 0.364. The highest BCUT2D eigenvalue weighted by molar-refractivity contribution is 8.22. The van der Waals surface area contributed by atoms with Crippen LogP contribution in [-0.4, -0.2) is 54.5 Å². The first-order chi connectivity index (χ1) is 15.9. The topological polar surface area (TPSA) is 193 Å². The van der Waals surface area contributed by atoms with Gasteiger partial charge in [0.05, 0.1) is 17.1 Å². The molecule has 3 aliphatic rings. The minimum atomic E-state index is -2.61. The minimum absolute atomic E-state index is 0.0358. The Hall–Kier alpha value is -3.09. The largest absolute Gasteiger partial charge is 0.508 e. The summed E-state index contributed by atoms with van der Waals surface area (Å²) in [6.45, 7) is 2.05. The lowest BCUT2D eigenvalue weighted by Gasteiger charge is -2.46. The first-order valence-corrected chi connectivity index (χ1v) is 11.6. The number of rotatable bonds is 3. The number of nitrogen functional groups attached to an aromatic ring is 1. The number of hydrogen-bond donors (Lipinski definition) is 6. The van der Waals surface area contributed by atoms with Crippen LogP contribution >= 0.6 is 24.0 Å². The number of aromatic hydroxyl groups is 1. The van der Waals surface area contributed by atoms with Gasteiger partial charge in [-0.3, -0.25) is 14.4 Å². The number of anilines is 1. The lowest BCUT2D eigenvalue weighted by atomic mass is 9.59. The van der Waals surface area contributed by atoms with Gasteiger partial charge in [-0.2, -0.15) is 0 Å². The van der Waals surface area contributed by atoms with Crippen molar-refractivity contribution in [3.05, 3.63) is 34.1 Å². The number of fused-ring (bicyclic) bond motifs is 3. The third-order valence-electron chi connectivity index (χ3n) is 6.52. The van der Waals surface area contributed by atoms with Crippen molar-refractivity contribution in [2.45, 2.75) is 36.7 Å². The van der Waals surface area contributed by atoms with Crippen LogP contribution in [0.25, 0.3) is 5.76 Å². The molecule has 180 valence electrons. The maximum Gasteiger partial charge on any atom is 0.255 e. The molecule has 0 radical (unpaired) electrons. The number of phenols is 1. The standard InChI is InChI=1S/C22H22N2O8S2/c1-2-32-21(33)34-12-6-10(23)9-4-7-3-8-5-11(25)15(20(24)30)19(29)22(8,31)18(28)13(7)17(27)14(9)16(12)26/h6-8,26-27,29,31H,2-5,23H2,1H3,(H2,24,30)/t7-,8+,22+/m1/s1. The summed E-state index contributed by atoms with van der Waals surface area (Å²) in [6, 6.07) is 1.49. The highest BCUT2D eigenvalue weighted by Gasteiger charge is 2.60. The van der Waals surface area contributed by atoms with Gasteiger partial charge in [0.25, 0.3) is 5.91 Å². The zero-order valence-corrected chi connectivity index (χ0v) is 19.6. The normalized spacial score (nSPS) is 26.1. The molecule has 1 amide bonds. The first-order valence-electron chi connectivity index (χ1n) is 10.4. The summed E-state index contributed by atoms with van der Waals surface area (Å²) < 4.78 is 5.33. The van der Waals surface area contributed by atoms with Crippen molar-refractivity contribution in [3.8, 4) is 5.75 Å². The molecule has 3 atom stereocenters. The van der Waals surface area contributed by atoms with Crippen molar-refractivity contribution in [3.63, 3.8) is 0 Å². The second-order valence-corrected chi connectivity index (χ2v) is 10.0. The molecule has 1 saturated carbocycles. The first kappa shape index (κ1) is 24.0. The molecule has 0 aromatic heterocycles. The fourth-order valence-electron chi connectivity index (χ4n) is 5.01. The Kier molecular flexibility index (Phi) is 5.86. The van der Waals surface area contributed by atoms with E-state index in [0.717, 1.165) is 11.8 Å². The Morgan fingerprint density at radius 2 is 1.97 bits per heavy atom. The Balaban J connectivity index is 1.87. The van der Waals surface area contributed by atoms with Gasteiger partial charge < -0.3 is 36.6 Å². The molecule has 0 bridgehead atoms. The van der Waals surface area contributed by atoms with Crippen molar-refractivity contribution in [2.75, 3.05) is 12.3 Å². The van der Waals surface area contributed by atoms with E-state index in [1.165, 1.54) is 6.07 Å². The summed E-state index contributed by atoms with van der Waals surface area (Å²) in [4.78, 5) is 37.7.